The van der Waals surface area contributed by atoms with Crippen LogP contribution in [0.15, 0.2) is 21.3 Å². The number of rotatable bonds is 7. The van der Waals surface area contributed by atoms with Crippen LogP contribution in [0.25, 0.3) is 11.0 Å². The third-order valence-corrected chi connectivity index (χ3v) is 5.78. The molecule has 0 unspecified atom stereocenters. The number of aryl methyl sites for hydroxylation is 1. The number of likely N-dealkylation sites (tertiary alicyclic amines) is 1. The summed E-state index contributed by atoms with van der Waals surface area (Å²) in [4.78, 5) is 49.2. The summed E-state index contributed by atoms with van der Waals surface area (Å²) in [5.74, 6) is -1.86. The van der Waals surface area contributed by atoms with Gasteiger partial charge in [-0.25, -0.2) is 9.59 Å². The molecule has 1 aliphatic heterocycles. The number of carboxylic acid groups (broad SMARTS) is 1. The number of halogens is 1. The summed E-state index contributed by atoms with van der Waals surface area (Å²) >= 11 is 5.94. The van der Waals surface area contributed by atoms with E-state index in [4.69, 9.17) is 21.1 Å². The lowest BCUT2D eigenvalue weighted by Gasteiger charge is -2.21. The van der Waals surface area contributed by atoms with Gasteiger partial charge in [-0.1, -0.05) is 11.6 Å². The van der Waals surface area contributed by atoms with E-state index in [-0.39, 0.29) is 54.0 Å². The fraction of sp³-hybridized carbons (Fsp3) is 0.429. The summed E-state index contributed by atoms with van der Waals surface area (Å²) in [6, 6.07) is 1.98. The van der Waals surface area contributed by atoms with Crippen LogP contribution in [0.5, 0.6) is 5.75 Å². The summed E-state index contributed by atoms with van der Waals surface area (Å²) in [5, 5.41) is 22.1. The van der Waals surface area contributed by atoms with E-state index < -0.39 is 17.6 Å². The van der Waals surface area contributed by atoms with Gasteiger partial charge in [0.25, 0.3) is 0 Å². The maximum absolute atomic E-state index is 12.3. The Labute approximate surface area is 182 Å². The van der Waals surface area contributed by atoms with Crippen molar-refractivity contribution in [1.82, 2.24) is 10.2 Å². The molecule has 2 heterocycles. The van der Waals surface area contributed by atoms with Crippen LogP contribution in [-0.4, -0.2) is 52.0 Å². The van der Waals surface area contributed by atoms with E-state index in [1.165, 1.54) is 17.0 Å². The summed E-state index contributed by atoms with van der Waals surface area (Å²) in [5.41, 5.74) is 0.563. The lowest BCUT2D eigenvalue weighted by Crippen LogP contribution is -2.41. The van der Waals surface area contributed by atoms with Crippen molar-refractivity contribution in [3.8, 4) is 5.75 Å². The first-order valence-corrected chi connectivity index (χ1v) is 10.3. The van der Waals surface area contributed by atoms with Crippen LogP contribution in [0.1, 0.15) is 36.8 Å². The Morgan fingerprint density at radius 2 is 2.03 bits per heavy atom. The maximum Gasteiger partial charge on any atom is 0.339 e. The molecule has 1 atom stereocenters. The third kappa shape index (κ3) is 4.99. The number of benzene rings is 1. The fourth-order valence-electron chi connectivity index (χ4n) is 3.79. The minimum Gasteiger partial charge on any atom is -0.506 e. The Hall–Kier alpha value is -3.07. The molecule has 1 aromatic heterocycles. The molecule has 1 fully saturated rings. The molecule has 0 aliphatic carbocycles. The highest BCUT2D eigenvalue weighted by Gasteiger charge is 2.33. The molecule has 0 radical (unpaired) electrons. The molecular weight excluding hydrogens is 428 g/mol. The van der Waals surface area contributed by atoms with Crippen LogP contribution in [0.3, 0.4) is 0 Å². The number of phenols is 1. The zero-order valence-corrected chi connectivity index (χ0v) is 17.7. The van der Waals surface area contributed by atoms with E-state index >= 15 is 0 Å². The number of fused-ring (bicyclic) bond motifs is 1. The zero-order valence-electron chi connectivity index (χ0n) is 16.9. The first-order chi connectivity index (χ1) is 14.7. The van der Waals surface area contributed by atoms with Gasteiger partial charge < -0.3 is 24.8 Å². The van der Waals surface area contributed by atoms with Crippen molar-refractivity contribution in [2.24, 2.45) is 0 Å². The van der Waals surface area contributed by atoms with Gasteiger partial charge in [-0.15, -0.1) is 0 Å². The largest absolute Gasteiger partial charge is 0.506 e. The first kappa shape index (κ1) is 22.6. The number of amides is 2. The van der Waals surface area contributed by atoms with Crippen molar-refractivity contribution in [2.75, 3.05) is 13.1 Å². The van der Waals surface area contributed by atoms with Crippen LogP contribution in [0, 0.1) is 6.92 Å². The quantitative estimate of drug-likeness (QED) is 0.548. The lowest BCUT2D eigenvalue weighted by molar-refractivity contribution is -0.148. The minimum absolute atomic E-state index is 0.00858. The first-order valence-electron chi connectivity index (χ1n) is 9.92. The molecule has 166 valence electrons. The van der Waals surface area contributed by atoms with Gasteiger partial charge in [0.15, 0.2) is 0 Å². The van der Waals surface area contributed by atoms with E-state index in [1.807, 2.05) is 0 Å². The molecule has 3 N–H and O–H groups in total. The maximum atomic E-state index is 12.3. The number of hydrogen-bond acceptors (Lipinski definition) is 6. The number of hydrogen-bond donors (Lipinski definition) is 3. The number of carbonyl (C=O) groups excluding carboxylic acids is 2. The van der Waals surface area contributed by atoms with Gasteiger partial charge in [-0.3, -0.25) is 9.59 Å². The summed E-state index contributed by atoms with van der Waals surface area (Å²) in [6.07, 6.45) is 1.24. The molecule has 1 saturated heterocycles. The molecular formula is C21H23ClN2O7. The van der Waals surface area contributed by atoms with Gasteiger partial charge in [-0.05, 0) is 37.8 Å². The molecule has 0 spiro atoms. The van der Waals surface area contributed by atoms with Gasteiger partial charge in [0.1, 0.15) is 17.4 Å². The average Bonchev–Trinajstić information content (AvgIpc) is 3.20. The highest BCUT2D eigenvalue weighted by molar-refractivity contribution is 6.32. The van der Waals surface area contributed by atoms with E-state index in [1.54, 1.807) is 6.92 Å². The van der Waals surface area contributed by atoms with E-state index in [2.05, 4.69) is 5.32 Å². The topological polar surface area (TPSA) is 137 Å². The molecule has 31 heavy (non-hydrogen) atoms. The van der Waals surface area contributed by atoms with Crippen molar-refractivity contribution in [2.45, 2.75) is 45.1 Å². The molecule has 1 aliphatic rings. The summed E-state index contributed by atoms with van der Waals surface area (Å²) in [6.45, 7) is 2.21. The monoisotopic (exact) mass is 450 g/mol. The van der Waals surface area contributed by atoms with Crippen molar-refractivity contribution < 1.29 is 29.0 Å². The number of phenolic OH excluding ortho intramolecular Hbond substituents is 1. The van der Waals surface area contributed by atoms with E-state index in [9.17, 15) is 24.3 Å². The Balaban J connectivity index is 1.56. The molecule has 10 heteroatoms. The van der Waals surface area contributed by atoms with E-state index in [0.717, 1.165) is 0 Å². The molecule has 1 aromatic carbocycles. The lowest BCUT2D eigenvalue weighted by atomic mass is 10.0. The highest BCUT2D eigenvalue weighted by atomic mass is 35.5. The van der Waals surface area contributed by atoms with Gasteiger partial charge in [0, 0.05) is 42.9 Å². The number of nitrogens with zero attached hydrogens (tertiary/aromatic N) is 1. The SMILES string of the molecule is Cc1c(CCC(=O)NCCC(=O)N2CCC[C@H]2C(=O)O)c(=O)oc2cc(O)c(Cl)cc12. The van der Waals surface area contributed by atoms with Crippen LogP contribution >= 0.6 is 11.6 Å². The van der Waals surface area contributed by atoms with Crippen LogP contribution in [0.4, 0.5) is 0 Å². The Bertz CT molecular complexity index is 1100. The predicted octanol–water partition coefficient (Wildman–Crippen LogP) is 1.97. The van der Waals surface area contributed by atoms with Crippen molar-refractivity contribution >= 4 is 40.4 Å². The number of aromatic hydroxyl groups is 1. The van der Waals surface area contributed by atoms with Gasteiger partial charge in [0.05, 0.1) is 5.02 Å². The van der Waals surface area contributed by atoms with Crippen LogP contribution < -0.4 is 10.9 Å². The fourth-order valence-corrected chi connectivity index (χ4v) is 3.95. The summed E-state index contributed by atoms with van der Waals surface area (Å²) in [7, 11) is 0. The number of carbonyl (C=O) groups is 3. The van der Waals surface area contributed by atoms with Crippen molar-refractivity contribution in [3.63, 3.8) is 0 Å². The van der Waals surface area contributed by atoms with Crippen molar-refractivity contribution in [1.29, 1.82) is 0 Å². The van der Waals surface area contributed by atoms with E-state index in [0.29, 0.717) is 35.9 Å². The Morgan fingerprint density at radius 1 is 1.29 bits per heavy atom. The van der Waals surface area contributed by atoms with Crippen LogP contribution in [-0.2, 0) is 20.8 Å². The second-order valence-corrected chi connectivity index (χ2v) is 7.88. The zero-order chi connectivity index (χ0) is 22.7. The average molecular weight is 451 g/mol. The molecule has 3 rings (SSSR count). The van der Waals surface area contributed by atoms with Gasteiger partial charge >= 0.3 is 11.6 Å². The predicted molar refractivity (Wildman–Crippen MR) is 112 cm³/mol. The highest BCUT2D eigenvalue weighted by Crippen LogP contribution is 2.31. The van der Waals surface area contributed by atoms with Crippen molar-refractivity contribution in [3.05, 3.63) is 38.7 Å². The number of aliphatic carboxylic acids is 1. The van der Waals surface area contributed by atoms with Gasteiger partial charge in [-0.2, -0.15) is 0 Å². The Morgan fingerprint density at radius 3 is 2.74 bits per heavy atom. The Kier molecular flexibility index (Phi) is 6.84. The minimum atomic E-state index is -1.02. The summed E-state index contributed by atoms with van der Waals surface area (Å²) < 4.78 is 5.24. The van der Waals surface area contributed by atoms with Gasteiger partial charge in [0.2, 0.25) is 11.8 Å². The standard InChI is InChI=1S/C21H23ClN2O7/c1-11-12(21(30)31-17-10-16(25)14(22)9-13(11)17)4-5-18(26)23-7-6-19(27)24-8-2-3-15(24)20(28)29/h9-10,15,25H,2-8H2,1H3,(H,23,26)(H,28,29)/t15-/m0/s1. The normalized spacial score (nSPS) is 15.9. The number of nitrogens with one attached hydrogen (secondary N) is 1. The third-order valence-electron chi connectivity index (χ3n) is 5.48. The second kappa shape index (κ2) is 9.38. The molecule has 0 bridgehead atoms. The smallest absolute Gasteiger partial charge is 0.339 e. The molecule has 9 nitrogen and oxygen atoms in total. The molecule has 0 saturated carbocycles. The molecule has 2 amide bonds. The van der Waals surface area contributed by atoms with Crippen LogP contribution in [0.2, 0.25) is 5.02 Å². The molecule has 2 aromatic rings. The number of carboxylic acids is 1. The second-order valence-electron chi connectivity index (χ2n) is 7.48.